The molecule has 0 bridgehead atoms. The Morgan fingerprint density at radius 3 is 2.50 bits per heavy atom. The number of para-hydroxylation sites is 1. The largest absolute Gasteiger partial charge is 0.507 e. The number of ether oxygens (including phenoxy) is 4. The van der Waals surface area contributed by atoms with E-state index in [0.29, 0.717) is 36.7 Å². The van der Waals surface area contributed by atoms with Crippen molar-refractivity contribution in [1.29, 1.82) is 0 Å². The molecule has 5 rings (SSSR count). The second-order valence-corrected chi connectivity index (χ2v) is 12.8. The van der Waals surface area contributed by atoms with Gasteiger partial charge < -0.3 is 29.0 Å². The fourth-order valence-corrected chi connectivity index (χ4v) is 6.61. The van der Waals surface area contributed by atoms with Crippen molar-refractivity contribution in [3.63, 3.8) is 0 Å². The van der Waals surface area contributed by atoms with Crippen molar-refractivity contribution in [1.82, 2.24) is 9.97 Å². The van der Waals surface area contributed by atoms with Crippen LogP contribution in [-0.2, 0) is 21.6 Å². The van der Waals surface area contributed by atoms with Crippen LogP contribution in [0.3, 0.4) is 0 Å². The lowest BCUT2D eigenvalue weighted by atomic mass is 9.80. The van der Waals surface area contributed by atoms with E-state index in [2.05, 4.69) is 42.0 Å². The molecule has 2 N–H and O–H groups in total. The Morgan fingerprint density at radius 1 is 0.979 bits per heavy atom. The molecule has 0 aliphatic heterocycles. The van der Waals surface area contributed by atoms with Crippen molar-refractivity contribution in [3.05, 3.63) is 119 Å². The topological polar surface area (TPSA) is 103 Å². The van der Waals surface area contributed by atoms with E-state index in [1.165, 1.54) is 12.7 Å². The maximum atomic E-state index is 12.3. The predicted octanol–water partition coefficient (Wildman–Crippen LogP) is 9.34. The lowest BCUT2D eigenvalue weighted by Gasteiger charge is -2.36. The maximum absolute atomic E-state index is 12.3. The molecule has 2 atom stereocenters. The summed E-state index contributed by atoms with van der Waals surface area (Å²) in [6, 6.07) is 23.0. The normalized spacial score (nSPS) is 17.4. The third-order valence-electron chi connectivity index (χ3n) is 8.37. The first kappa shape index (κ1) is 34.9. The molecule has 1 aliphatic carbocycles. The zero-order valence-corrected chi connectivity index (χ0v) is 28.8. The summed E-state index contributed by atoms with van der Waals surface area (Å²) in [5.74, 6) is 2.42. The lowest BCUT2D eigenvalue weighted by Crippen LogP contribution is -2.37. The number of nitrogens with zero attached hydrogens (tertiary/aromatic N) is 1. The number of aromatic nitrogens is 2. The van der Waals surface area contributed by atoms with Gasteiger partial charge in [-0.25, -0.2) is 9.78 Å². The minimum Gasteiger partial charge on any atom is -0.507 e. The number of esters is 1. The van der Waals surface area contributed by atoms with Gasteiger partial charge in [-0.1, -0.05) is 86.6 Å². The third kappa shape index (κ3) is 8.51. The van der Waals surface area contributed by atoms with Gasteiger partial charge in [0.1, 0.15) is 28.6 Å². The molecular weight excluding hydrogens is 625 g/mol. The highest BCUT2D eigenvalue weighted by Crippen LogP contribution is 2.39. The first-order chi connectivity index (χ1) is 23.3. The van der Waals surface area contributed by atoms with Gasteiger partial charge in [-0.15, -0.1) is 0 Å². The fraction of sp³-hybridized carbons (Fsp3) is 0.333. The molecule has 9 heteroatoms. The van der Waals surface area contributed by atoms with Crippen LogP contribution in [0, 0.1) is 5.92 Å². The molecule has 3 aromatic carbocycles. The Bertz CT molecular complexity index is 1730. The number of allylic oxidation sites excluding steroid dienone is 1. The number of benzene rings is 3. The van der Waals surface area contributed by atoms with E-state index in [1.807, 2.05) is 55.5 Å². The molecule has 4 aromatic rings. The molecule has 0 amide bonds. The summed E-state index contributed by atoms with van der Waals surface area (Å²) in [6.07, 6.45) is 8.83. The van der Waals surface area contributed by atoms with Crippen molar-refractivity contribution < 1.29 is 28.8 Å². The van der Waals surface area contributed by atoms with Crippen molar-refractivity contribution in [2.45, 2.75) is 63.0 Å². The Morgan fingerprint density at radius 2 is 1.73 bits per heavy atom. The van der Waals surface area contributed by atoms with Gasteiger partial charge in [0.05, 0.1) is 37.8 Å². The average molecular weight is 669 g/mol. The number of aliphatic hydroxyl groups is 1. The summed E-state index contributed by atoms with van der Waals surface area (Å²) in [4.78, 5) is 20.2. The summed E-state index contributed by atoms with van der Waals surface area (Å²) in [5.41, 5.74) is 3.40. The number of imidazole rings is 1. The second kappa shape index (κ2) is 16.6. The van der Waals surface area contributed by atoms with Gasteiger partial charge >= 0.3 is 5.97 Å². The van der Waals surface area contributed by atoms with Crippen LogP contribution in [0.4, 0.5) is 0 Å². The molecule has 48 heavy (non-hydrogen) atoms. The van der Waals surface area contributed by atoms with E-state index in [1.54, 1.807) is 36.2 Å². The number of aromatic amines is 1. The van der Waals surface area contributed by atoms with Crippen molar-refractivity contribution in [2.75, 3.05) is 20.3 Å². The molecule has 2 unspecified atom stereocenters. The van der Waals surface area contributed by atoms with Gasteiger partial charge in [-0.2, -0.15) is 0 Å². The Kier molecular flexibility index (Phi) is 12.0. The summed E-state index contributed by atoms with van der Waals surface area (Å²) in [5, 5.41) is 11.9. The van der Waals surface area contributed by atoms with E-state index < -0.39 is 11.6 Å². The van der Waals surface area contributed by atoms with Crippen LogP contribution in [-0.4, -0.2) is 47.0 Å². The number of carbonyl (C=O) groups is 1. The Hall–Kier alpha value is -4.47. The van der Waals surface area contributed by atoms with Crippen LogP contribution in [0.5, 0.6) is 17.2 Å². The van der Waals surface area contributed by atoms with Crippen LogP contribution in [0.25, 0.3) is 5.57 Å². The summed E-state index contributed by atoms with van der Waals surface area (Å²) in [7, 11) is 1.35. The number of nitrogens with one attached hydrogen (secondary N) is 1. The molecule has 252 valence electrons. The van der Waals surface area contributed by atoms with Crippen LogP contribution in [0.2, 0.25) is 0 Å². The summed E-state index contributed by atoms with van der Waals surface area (Å²) in [6.45, 7) is 7.15. The highest BCUT2D eigenvalue weighted by Gasteiger charge is 2.36. The van der Waals surface area contributed by atoms with E-state index in [9.17, 15) is 9.90 Å². The van der Waals surface area contributed by atoms with Gasteiger partial charge in [0.25, 0.3) is 0 Å². The molecule has 0 spiro atoms. The molecule has 0 saturated heterocycles. The van der Waals surface area contributed by atoms with Crippen molar-refractivity contribution in [2.24, 2.45) is 5.92 Å². The lowest BCUT2D eigenvalue weighted by molar-refractivity contribution is -0.0317. The van der Waals surface area contributed by atoms with E-state index in [4.69, 9.17) is 18.9 Å². The Balaban J connectivity index is 1.18. The van der Waals surface area contributed by atoms with Crippen LogP contribution >= 0.6 is 11.8 Å². The summed E-state index contributed by atoms with van der Waals surface area (Å²) < 4.78 is 23.8. The quantitative estimate of drug-likeness (QED) is 0.0692. The number of aliphatic hydroxyl groups excluding tert-OH is 1. The standard InChI is InChI=1S/C39H44N2O6S/c1-5-14-29-34(19-12-20-35(29)47-36-18-11-10-17-30(36)37(43)44-4)45-21-13-22-46-39(3)24-33(42)31(23-28(39)6-2)32-25-40-38(41-32)48-26-27-15-8-7-9-16-27/h7-12,15-20,23-25,28,42H,5-6,13-14,21-22,26H2,1-4H3,(H,40,41). The van der Waals surface area contributed by atoms with Crippen molar-refractivity contribution in [3.8, 4) is 17.2 Å². The van der Waals surface area contributed by atoms with Gasteiger partial charge in [0.15, 0.2) is 5.16 Å². The number of rotatable bonds is 16. The SMILES string of the molecule is CCCc1c(OCCCOC2(C)C=C(O)C(c3cnc(SCc4ccccc4)[nH]3)=CC2CC)cccc1Oc1ccccc1C(=O)OC. The zero-order valence-electron chi connectivity index (χ0n) is 28.0. The smallest absolute Gasteiger partial charge is 0.341 e. The molecular formula is C39H44N2O6S. The van der Waals surface area contributed by atoms with Gasteiger partial charge in [0.2, 0.25) is 0 Å². The first-order valence-corrected chi connectivity index (χ1v) is 17.4. The van der Waals surface area contributed by atoms with E-state index in [-0.39, 0.29) is 11.7 Å². The predicted molar refractivity (Wildman–Crippen MR) is 190 cm³/mol. The molecule has 1 aromatic heterocycles. The zero-order chi connectivity index (χ0) is 33.9. The molecule has 8 nitrogen and oxygen atoms in total. The molecule has 0 fully saturated rings. The third-order valence-corrected chi connectivity index (χ3v) is 9.32. The van der Waals surface area contributed by atoms with Crippen LogP contribution in [0.15, 0.2) is 102 Å². The highest BCUT2D eigenvalue weighted by molar-refractivity contribution is 7.98. The fourth-order valence-electron chi connectivity index (χ4n) is 5.81. The van der Waals surface area contributed by atoms with Gasteiger partial charge in [-0.3, -0.25) is 0 Å². The monoisotopic (exact) mass is 668 g/mol. The Labute approximate surface area is 287 Å². The first-order valence-electron chi connectivity index (χ1n) is 16.4. The van der Waals surface area contributed by atoms with Crippen molar-refractivity contribution >= 4 is 23.3 Å². The van der Waals surface area contributed by atoms with E-state index in [0.717, 1.165) is 52.8 Å². The molecule has 0 saturated carbocycles. The highest BCUT2D eigenvalue weighted by atomic mass is 32.2. The van der Waals surface area contributed by atoms with Crippen LogP contribution in [0.1, 0.15) is 67.2 Å². The van der Waals surface area contributed by atoms with Gasteiger partial charge in [0, 0.05) is 29.2 Å². The number of carbonyl (C=O) groups excluding carboxylic acids is 1. The number of thioether (sulfide) groups is 1. The minimum atomic E-state index is -0.665. The second-order valence-electron chi connectivity index (χ2n) is 11.8. The minimum absolute atomic E-state index is 0.0610. The number of methoxy groups -OCH3 is 1. The number of hydrogen-bond acceptors (Lipinski definition) is 8. The molecule has 1 aliphatic rings. The van der Waals surface area contributed by atoms with Crippen LogP contribution < -0.4 is 9.47 Å². The summed E-state index contributed by atoms with van der Waals surface area (Å²) >= 11 is 1.63. The molecule has 1 heterocycles. The van der Waals surface area contributed by atoms with Gasteiger partial charge in [-0.05, 0) is 55.7 Å². The molecule has 0 radical (unpaired) electrons. The average Bonchev–Trinajstić information content (AvgIpc) is 3.57. The maximum Gasteiger partial charge on any atom is 0.341 e. The number of hydrogen-bond donors (Lipinski definition) is 2. The van der Waals surface area contributed by atoms with E-state index >= 15 is 0 Å². The number of H-pyrrole nitrogens is 1.